The third-order valence-corrected chi connectivity index (χ3v) is 5.32. The highest BCUT2D eigenvalue weighted by Gasteiger charge is 2.25. The monoisotopic (exact) mass is 386 g/mol. The van der Waals surface area contributed by atoms with Crippen LogP contribution in [-0.4, -0.2) is 43.5 Å². The largest absolute Gasteiger partial charge is 0.466 e. The van der Waals surface area contributed by atoms with Crippen molar-refractivity contribution in [3.63, 3.8) is 0 Å². The summed E-state index contributed by atoms with van der Waals surface area (Å²) in [5, 5.41) is 11.0. The Kier molecular flexibility index (Phi) is 6.28. The summed E-state index contributed by atoms with van der Waals surface area (Å²) in [6.45, 7) is 4.27. The number of carbonyl (C=O) groups excluding carboxylic acids is 2. The van der Waals surface area contributed by atoms with Crippen LogP contribution in [0.2, 0.25) is 0 Å². The topological polar surface area (TPSA) is 83.4 Å². The van der Waals surface area contributed by atoms with Crippen molar-refractivity contribution in [2.45, 2.75) is 26.2 Å². The molecule has 0 unspecified atom stereocenters. The van der Waals surface area contributed by atoms with Gasteiger partial charge in [-0.05, 0) is 61.2 Å². The number of thioether (sulfide) groups is 1. The highest BCUT2D eigenvalue weighted by atomic mass is 32.2. The molecule has 7 nitrogen and oxygen atoms in total. The summed E-state index contributed by atoms with van der Waals surface area (Å²) in [5.41, 5.74) is 3.34. The number of hydrogen-bond donors (Lipinski definition) is 1. The smallest absolute Gasteiger partial charge is 0.331 e. The molecule has 0 atom stereocenters. The van der Waals surface area contributed by atoms with E-state index in [0.717, 1.165) is 42.1 Å². The van der Waals surface area contributed by atoms with E-state index in [1.165, 1.54) is 32.1 Å². The molecule has 1 aromatic carbocycles. The molecule has 0 saturated carbocycles. The Balaban J connectivity index is 1.66. The number of amides is 1. The summed E-state index contributed by atoms with van der Waals surface area (Å²) in [6.07, 6.45) is 6.60. The highest BCUT2D eigenvalue weighted by molar-refractivity contribution is 8.18. The molecule has 0 bridgehead atoms. The van der Waals surface area contributed by atoms with E-state index in [4.69, 9.17) is 0 Å². The van der Waals surface area contributed by atoms with Crippen LogP contribution in [0.5, 0.6) is 0 Å². The first kappa shape index (κ1) is 19.2. The van der Waals surface area contributed by atoms with E-state index in [1.54, 1.807) is 6.21 Å². The maximum Gasteiger partial charge on any atom is 0.331 e. The summed E-state index contributed by atoms with van der Waals surface area (Å²) in [7, 11) is 1.26. The van der Waals surface area contributed by atoms with Crippen LogP contribution in [0.15, 0.2) is 39.4 Å². The zero-order chi connectivity index (χ0) is 19.2. The van der Waals surface area contributed by atoms with Gasteiger partial charge in [-0.1, -0.05) is 6.07 Å². The molecule has 3 rings (SSSR count). The minimum Gasteiger partial charge on any atom is -0.466 e. The molecule has 0 radical (unpaired) electrons. The van der Waals surface area contributed by atoms with Gasteiger partial charge in [0.25, 0.3) is 5.91 Å². The highest BCUT2D eigenvalue weighted by Crippen LogP contribution is 2.24. The number of nitrogens with one attached hydrogen (secondary N) is 1. The Hall–Kier alpha value is -2.61. The fourth-order valence-corrected chi connectivity index (χ4v) is 3.68. The van der Waals surface area contributed by atoms with Gasteiger partial charge in [0.15, 0.2) is 5.17 Å². The van der Waals surface area contributed by atoms with E-state index >= 15 is 0 Å². The van der Waals surface area contributed by atoms with E-state index in [1.807, 2.05) is 13.0 Å². The predicted molar refractivity (Wildman–Crippen MR) is 108 cm³/mol. The standard InChI is InChI=1S/C19H22N4O3S/c1-13-10-15(23-8-4-3-5-9-23)7-6-14(13)12-20-22-19-21-18(25)16(27-19)11-17(24)26-2/h6-7,10-12H,3-5,8-9H2,1-2H3,(H,21,22,25)/b16-11+,20-12?. The van der Waals surface area contributed by atoms with Crippen molar-refractivity contribution >= 4 is 40.7 Å². The third kappa shape index (κ3) is 4.97. The maximum absolute atomic E-state index is 11.8. The third-order valence-electron chi connectivity index (χ3n) is 4.42. The Labute approximate surface area is 162 Å². The van der Waals surface area contributed by atoms with Crippen molar-refractivity contribution in [1.29, 1.82) is 0 Å². The average Bonchev–Trinajstić information content (AvgIpc) is 3.02. The van der Waals surface area contributed by atoms with Gasteiger partial charge in [0.05, 0.1) is 18.2 Å². The lowest BCUT2D eigenvalue weighted by Crippen LogP contribution is -2.29. The second kappa shape index (κ2) is 8.85. The summed E-state index contributed by atoms with van der Waals surface area (Å²) >= 11 is 1.05. The summed E-state index contributed by atoms with van der Waals surface area (Å²) < 4.78 is 4.52. The number of piperidine rings is 1. The number of methoxy groups -OCH3 is 1. The van der Waals surface area contributed by atoms with Crippen molar-refractivity contribution < 1.29 is 14.3 Å². The molecule has 8 heteroatoms. The van der Waals surface area contributed by atoms with E-state index < -0.39 is 5.97 Å². The predicted octanol–water partition coefficient (Wildman–Crippen LogP) is 2.60. The summed E-state index contributed by atoms with van der Waals surface area (Å²) in [5.74, 6) is -0.969. The van der Waals surface area contributed by atoms with Crippen LogP contribution >= 0.6 is 11.8 Å². The first-order valence-corrected chi connectivity index (χ1v) is 9.64. The zero-order valence-corrected chi connectivity index (χ0v) is 16.2. The minimum atomic E-state index is -0.582. The van der Waals surface area contributed by atoms with Gasteiger partial charge in [0.1, 0.15) is 0 Å². The Morgan fingerprint density at radius 2 is 2.07 bits per heavy atom. The average molecular weight is 386 g/mol. The molecule has 2 heterocycles. The lowest BCUT2D eigenvalue weighted by molar-refractivity contribution is -0.135. The van der Waals surface area contributed by atoms with Gasteiger partial charge in [-0.3, -0.25) is 10.1 Å². The number of hydrogen-bond acceptors (Lipinski definition) is 7. The molecule has 27 heavy (non-hydrogen) atoms. The van der Waals surface area contributed by atoms with Gasteiger partial charge >= 0.3 is 5.97 Å². The molecule has 2 fully saturated rings. The first-order valence-electron chi connectivity index (χ1n) is 8.82. The zero-order valence-electron chi connectivity index (χ0n) is 15.4. The van der Waals surface area contributed by atoms with Crippen LogP contribution in [0.25, 0.3) is 0 Å². The molecule has 2 aliphatic rings. The first-order chi connectivity index (χ1) is 13.1. The molecular formula is C19H22N4O3S. The van der Waals surface area contributed by atoms with Crippen LogP contribution < -0.4 is 10.2 Å². The lowest BCUT2D eigenvalue weighted by atomic mass is 10.1. The number of benzene rings is 1. The second-order valence-corrected chi connectivity index (χ2v) is 7.36. The Bertz CT molecular complexity index is 826. The molecule has 0 aliphatic carbocycles. The SMILES string of the molecule is COC(=O)/C=C1/S/C(=N\N=Cc2ccc(N3CCCCC3)cc2C)NC1=O. The van der Waals surface area contributed by atoms with Crippen molar-refractivity contribution in [2.24, 2.45) is 10.2 Å². The molecule has 2 saturated heterocycles. The number of aryl methyl sites for hydroxylation is 1. The number of amidine groups is 1. The van der Waals surface area contributed by atoms with E-state index in [-0.39, 0.29) is 10.8 Å². The summed E-state index contributed by atoms with van der Waals surface area (Å²) in [4.78, 5) is 25.6. The van der Waals surface area contributed by atoms with Crippen molar-refractivity contribution in [1.82, 2.24) is 5.32 Å². The van der Waals surface area contributed by atoms with Gasteiger partial charge in [-0.15, -0.1) is 5.10 Å². The molecule has 0 aromatic heterocycles. The second-order valence-electron chi connectivity index (χ2n) is 6.33. The molecule has 1 N–H and O–H groups in total. The molecule has 142 valence electrons. The van der Waals surface area contributed by atoms with Crippen LogP contribution in [0, 0.1) is 6.92 Å². The van der Waals surface area contributed by atoms with Crippen LogP contribution in [0.3, 0.4) is 0 Å². The number of ether oxygens (including phenoxy) is 1. The number of anilines is 1. The normalized spacial score (nSPS) is 20.5. The number of nitrogens with zero attached hydrogens (tertiary/aromatic N) is 3. The van der Waals surface area contributed by atoms with E-state index in [0.29, 0.717) is 5.17 Å². The van der Waals surface area contributed by atoms with E-state index in [2.05, 4.69) is 37.3 Å². The van der Waals surface area contributed by atoms with Gasteiger partial charge in [0, 0.05) is 24.9 Å². The van der Waals surface area contributed by atoms with Gasteiger partial charge in [-0.2, -0.15) is 5.10 Å². The molecule has 1 aromatic rings. The fraction of sp³-hybridized carbons (Fsp3) is 0.368. The van der Waals surface area contributed by atoms with Crippen molar-refractivity contribution in [2.75, 3.05) is 25.1 Å². The minimum absolute atomic E-state index is 0.234. The van der Waals surface area contributed by atoms with Crippen LogP contribution in [0.4, 0.5) is 5.69 Å². The van der Waals surface area contributed by atoms with Crippen LogP contribution in [0.1, 0.15) is 30.4 Å². The Morgan fingerprint density at radius 3 is 2.78 bits per heavy atom. The maximum atomic E-state index is 11.8. The summed E-state index contributed by atoms with van der Waals surface area (Å²) in [6, 6.07) is 6.31. The molecule has 1 amide bonds. The fourth-order valence-electron chi connectivity index (χ4n) is 2.94. The van der Waals surface area contributed by atoms with Crippen molar-refractivity contribution in [3.05, 3.63) is 40.3 Å². The number of carbonyl (C=O) groups is 2. The molecular weight excluding hydrogens is 364 g/mol. The van der Waals surface area contributed by atoms with Gasteiger partial charge in [0.2, 0.25) is 0 Å². The van der Waals surface area contributed by atoms with Crippen molar-refractivity contribution in [3.8, 4) is 0 Å². The van der Waals surface area contributed by atoms with E-state index in [9.17, 15) is 9.59 Å². The lowest BCUT2D eigenvalue weighted by Gasteiger charge is -2.29. The quantitative estimate of drug-likeness (QED) is 0.372. The Morgan fingerprint density at radius 1 is 1.30 bits per heavy atom. The van der Waals surface area contributed by atoms with Gasteiger partial charge < -0.3 is 9.64 Å². The molecule has 0 spiro atoms. The van der Waals surface area contributed by atoms with Crippen LogP contribution in [-0.2, 0) is 14.3 Å². The number of esters is 1. The number of rotatable bonds is 4. The van der Waals surface area contributed by atoms with Gasteiger partial charge in [-0.25, -0.2) is 4.79 Å². The molecule has 2 aliphatic heterocycles.